The molecule has 0 fully saturated rings. The Labute approximate surface area is 101 Å². The number of nitrogen functional groups attached to an aromatic ring is 1. The summed E-state index contributed by atoms with van der Waals surface area (Å²) in [5, 5.41) is 0.296. The molecule has 0 aliphatic carbocycles. The average Bonchev–Trinajstić information content (AvgIpc) is 2.32. The standard InChI is InChI=1S/C11H7ClFN3O/c12-6-3-8(11(14)16-4-6)10(17)9-2-1-7(13)5-15-9/h1-5H,(H2,14,16). The number of anilines is 1. The Kier molecular flexibility index (Phi) is 3.01. The topological polar surface area (TPSA) is 68.9 Å². The Hall–Kier alpha value is -2.01. The van der Waals surface area contributed by atoms with Crippen molar-refractivity contribution in [1.82, 2.24) is 9.97 Å². The molecule has 2 N–H and O–H groups in total. The van der Waals surface area contributed by atoms with Crippen LogP contribution in [-0.4, -0.2) is 15.8 Å². The van der Waals surface area contributed by atoms with Crippen LogP contribution in [0.3, 0.4) is 0 Å². The van der Waals surface area contributed by atoms with E-state index in [0.717, 1.165) is 12.3 Å². The molecule has 0 atom stereocenters. The van der Waals surface area contributed by atoms with E-state index in [1.165, 1.54) is 18.3 Å². The summed E-state index contributed by atoms with van der Waals surface area (Å²) in [5.41, 5.74) is 5.80. The summed E-state index contributed by atoms with van der Waals surface area (Å²) in [7, 11) is 0. The van der Waals surface area contributed by atoms with Gasteiger partial charge >= 0.3 is 0 Å². The Balaban J connectivity index is 2.43. The van der Waals surface area contributed by atoms with Gasteiger partial charge in [-0.1, -0.05) is 11.6 Å². The SMILES string of the molecule is Nc1ncc(Cl)cc1C(=O)c1ccc(F)cn1. The van der Waals surface area contributed by atoms with Crippen LogP contribution in [-0.2, 0) is 0 Å². The highest BCUT2D eigenvalue weighted by atomic mass is 35.5. The molecule has 2 aromatic rings. The molecule has 0 saturated carbocycles. The first kappa shape index (κ1) is 11.5. The summed E-state index contributed by atoms with van der Waals surface area (Å²) in [6.07, 6.45) is 2.30. The van der Waals surface area contributed by atoms with Gasteiger partial charge in [-0.15, -0.1) is 0 Å². The van der Waals surface area contributed by atoms with Gasteiger partial charge < -0.3 is 5.73 Å². The number of pyridine rings is 2. The number of hydrogen-bond donors (Lipinski definition) is 1. The van der Waals surface area contributed by atoms with Crippen LogP contribution in [0.1, 0.15) is 16.1 Å². The summed E-state index contributed by atoms with van der Waals surface area (Å²) < 4.78 is 12.7. The zero-order chi connectivity index (χ0) is 12.4. The quantitative estimate of drug-likeness (QED) is 0.830. The van der Waals surface area contributed by atoms with Gasteiger partial charge in [0.15, 0.2) is 0 Å². The van der Waals surface area contributed by atoms with Crippen molar-refractivity contribution in [3.05, 3.63) is 52.7 Å². The van der Waals surface area contributed by atoms with E-state index in [1.807, 2.05) is 0 Å². The third-order valence-electron chi connectivity index (χ3n) is 2.09. The minimum atomic E-state index is -0.515. The molecule has 86 valence electrons. The van der Waals surface area contributed by atoms with Gasteiger partial charge in [-0.05, 0) is 18.2 Å². The Morgan fingerprint density at radius 2 is 2.06 bits per heavy atom. The predicted octanol–water partition coefficient (Wildman–Crippen LogP) is 2.08. The molecular formula is C11H7ClFN3O. The number of aromatic nitrogens is 2. The van der Waals surface area contributed by atoms with E-state index in [0.29, 0.717) is 5.02 Å². The molecule has 2 rings (SSSR count). The van der Waals surface area contributed by atoms with Gasteiger partial charge in [0.25, 0.3) is 0 Å². The van der Waals surface area contributed by atoms with Gasteiger partial charge in [-0.3, -0.25) is 4.79 Å². The van der Waals surface area contributed by atoms with Crippen LogP contribution in [0.25, 0.3) is 0 Å². The summed E-state index contributed by atoms with van der Waals surface area (Å²) in [4.78, 5) is 19.4. The number of carbonyl (C=O) groups excluding carboxylic acids is 1. The Morgan fingerprint density at radius 3 is 2.71 bits per heavy atom. The molecule has 0 amide bonds. The number of halogens is 2. The molecule has 4 nitrogen and oxygen atoms in total. The molecule has 0 aromatic carbocycles. The van der Waals surface area contributed by atoms with E-state index in [4.69, 9.17) is 17.3 Å². The number of ketones is 1. The van der Waals surface area contributed by atoms with E-state index >= 15 is 0 Å². The lowest BCUT2D eigenvalue weighted by Gasteiger charge is -2.03. The lowest BCUT2D eigenvalue weighted by atomic mass is 10.1. The fraction of sp³-hybridized carbons (Fsp3) is 0. The van der Waals surface area contributed by atoms with E-state index in [2.05, 4.69) is 9.97 Å². The van der Waals surface area contributed by atoms with Gasteiger partial charge in [-0.2, -0.15) is 0 Å². The highest BCUT2D eigenvalue weighted by Gasteiger charge is 2.15. The van der Waals surface area contributed by atoms with E-state index in [9.17, 15) is 9.18 Å². The minimum absolute atomic E-state index is 0.0607. The molecular weight excluding hydrogens is 245 g/mol. The highest BCUT2D eigenvalue weighted by Crippen LogP contribution is 2.18. The maximum Gasteiger partial charge on any atom is 0.215 e. The first-order chi connectivity index (χ1) is 8.08. The summed E-state index contributed by atoms with van der Waals surface area (Å²) in [5.74, 6) is -0.901. The van der Waals surface area contributed by atoms with Gasteiger partial charge in [0.1, 0.15) is 17.3 Å². The maximum atomic E-state index is 12.7. The van der Waals surface area contributed by atoms with Crippen LogP contribution < -0.4 is 5.73 Å². The average molecular weight is 252 g/mol. The van der Waals surface area contributed by atoms with E-state index in [1.54, 1.807) is 0 Å². The van der Waals surface area contributed by atoms with E-state index in [-0.39, 0.29) is 17.1 Å². The van der Waals surface area contributed by atoms with Crippen molar-refractivity contribution >= 4 is 23.2 Å². The molecule has 0 saturated heterocycles. The zero-order valence-corrected chi connectivity index (χ0v) is 9.28. The molecule has 17 heavy (non-hydrogen) atoms. The fourth-order valence-electron chi connectivity index (χ4n) is 1.28. The lowest BCUT2D eigenvalue weighted by Crippen LogP contribution is -2.08. The van der Waals surface area contributed by atoms with E-state index < -0.39 is 11.6 Å². The Bertz CT molecular complexity index is 571. The number of carbonyl (C=O) groups is 1. The molecule has 0 radical (unpaired) electrons. The van der Waals surface area contributed by atoms with Crippen LogP contribution in [0.5, 0.6) is 0 Å². The second-order valence-corrected chi connectivity index (χ2v) is 3.71. The van der Waals surface area contributed by atoms with Crippen LogP contribution in [0, 0.1) is 5.82 Å². The van der Waals surface area contributed by atoms with Crippen molar-refractivity contribution in [3.63, 3.8) is 0 Å². The van der Waals surface area contributed by atoms with Crippen LogP contribution in [0.4, 0.5) is 10.2 Å². The van der Waals surface area contributed by atoms with Gasteiger partial charge in [0, 0.05) is 6.20 Å². The molecule has 2 heterocycles. The molecule has 0 unspecified atom stereocenters. The molecule has 0 spiro atoms. The Morgan fingerprint density at radius 1 is 1.29 bits per heavy atom. The van der Waals surface area contributed by atoms with Gasteiger partial charge in [-0.25, -0.2) is 14.4 Å². The lowest BCUT2D eigenvalue weighted by molar-refractivity contribution is 0.103. The van der Waals surface area contributed by atoms with Crippen molar-refractivity contribution < 1.29 is 9.18 Å². The molecule has 0 bridgehead atoms. The molecule has 0 aliphatic rings. The largest absolute Gasteiger partial charge is 0.383 e. The second-order valence-electron chi connectivity index (χ2n) is 3.28. The summed E-state index contributed by atoms with van der Waals surface area (Å²) in [6.45, 7) is 0. The maximum absolute atomic E-state index is 12.7. The molecule has 6 heteroatoms. The highest BCUT2D eigenvalue weighted by molar-refractivity contribution is 6.31. The van der Waals surface area contributed by atoms with Crippen LogP contribution in [0.2, 0.25) is 5.02 Å². The predicted molar refractivity (Wildman–Crippen MR) is 61.3 cm³/mol. The van der Waals surface area contributed by atoms with Crippen molar-refractivity contribution in [2.45, 2.75) is 0 Å². The summed E-state index contributed by atoms with van der Waals surface area (Å²) >= 11 is 5.72. The third-order valence-corrected chi connectivity index (χ3v) is 2.30. The first-order valence-corrected chi connectivity index (χ1v) is 5.03. The number of nitrogens with two attached hydrogens (primary N) is 1. The number of rotatable bonds is 2. The van der Waals surface area contributed by atoms with Gasteiger partial charge in [0.2, 0.25) is 5.78 Å². The van der Waals surface area contributed by atoms with Crippen molar-refractivity contribution in [1.29, 1.82) is 0 Å². The van der Waals surface area contributed by atoms with Crippen LogP contribution >= 0.6 is 11.6 Å². The third kappa shape index (κ3) is 2.39. The molecule has 0 aliphatic heterocycles. The van der Waals surface area contributed by atoms with Crippen molar-refractivity contribution in [2.24, 2.45) is 0 Å². The smallest absolute Gasteiger partial charge is 0.215 e. The summed E-state index contributed by atoms with van der Waals surface area (Å²) in [6, 6.07) is 3.82. The minimum Gasteiger partial charge on any atom is -0.383 e. The normalized spacial score (nSPS) is 10.2. The number of nitrogens with zero attached hydrogens (tertiary/aromatic N) is 2. The molecule has 2 aromatic heterocycles. The van der Waals surface area contributed by atoms with Gasteiger partial charge in [0.05, 0.1) is 16.8 Å². The van der Waals surface area contributed by atoms with Crippen molar-refractivity contribution in [3.8, 4) is 0 Å². The monoisotopic (exact) mass is 251 g/mol. The van der Waals surface area contributed by atoms with Crippen LogP contribution in [0.15, 0.2) is 30.6 Å². The number of hydrogen-bond acceptors (Lipinski definition) is 4. The van der Waals surface area contributed by atoms with Crippen molar-refractivity contribution in [2.75, 3.05) is 5.73 Å². The fourth-order valence-corrected chi connectivity index (χ4v) is 1.44. The zero-order valence-electron chi connectivity index (χ0n) is 8.52. The second kappa shape index (κ2) is 4.47. The first-order valence-electron chi connectivity index (χ1n) is 4.65.